The predicted octanol–water partition coefficient (Wildman–Crippen LogP) is 11.7. The minimum absolute atomic E-state index is 0.0513. The number of nitrogens with zero attached hydrogens (tertiary/aromatic N) is 6. The van der Waals surface area contributed by atoms with Crippen LogP contribution in [-0.2, 0) is 81.9 Å². The van der Waals surface area contributed by atoms with E-state index in [4.69, 9.17) is 61.0 Å². The van der Waals surface area contributed by atoms with E-state index in [1.807, 2.05) is 131 Å². The van der Waals surface area contributed by atoms with Crippen molar-refractivity contribution in [1.82, 2.24) is 0 Å². The Kier molecular flexibility index (Phi) is 28.8. The third-order valence-corrected chi connectivity index (χ3v) is 32.8. The van der Waals surface area contributed by atoms with Crippen LogP contribution in [0.5, 0.6) is 0 Å². The molecule has 107 heavy (non-hydrogen) atoms. The van der Waals surface area contributed by atoms with Crippen LogP contribution >= 0.6 is 8.46 Å². The van der Waals surface area contributed by atoms with Crippen LogP contribution in [0.2, 0.25) is 10.1 Å². The summed E-state index contributed by atoms with van der Waals surface area (Å²) in [4.78, 5) is 47.5. The molecule has 0 N–H and O–H groups in total. The second kappa shape index (κ2) is 37.4. The van der Waals surface area contributed by atoms with Gasteiger partial charge in [0, 0.05) is 17.8 Å². The van der Waals surface area contributed by atoms with Crippen LogP contribution in [0.15, 0.2) is 192 Å². The van der Waals surface area contributed by atoms with E-state index in [1.54, 1.807) is 37.3 Å². The van der Waals surface area contributed by atoms with E-state index in [0.29, 0.717) is 0 Å². The average molecular weight is 1510 g/mol. The Morgan fingerprint density at radius 3 is 1.36 bits per heavy atom. The molecule has 6 aromatic carbocycles. The van der Waals surface area contributed by atoms with Crippen LogP contribution in [0.3, 0.4) is 0 Å². The van der Waals surface area contributed by atoms with Gasteiger partial charge in [-0.05, 0) is 51.5 Å². The number of carbonyl (C=O) groups is 3. The molecule has 28 heteroatoms. The van der Waals surface area contributed by atoms with Gasteiger partial charge in [0.2, 0.25) is 0 Å². The number of benzene rings is 6. The summed E-state index contributed by atoms with van der Waals surface area (Å²) in [6, 6.07) is 56.4. The molecule has 4 heterocycles. The summed E-state index contributed by atoms with van der Waals surface area (Å²) >= 11 is 0. The topological polar surface area (TPSA) is 286 Å². The fourth-order valence-corrected chi connectivity index (χ4v) is 26.0. The fraction of sp³-hybridized carbons (Fsp3) is 0.506. The zero-order valence-electron chi connectivity index (χ0n) is 63.2. The Morgan fingerprint density at radius 1 is 0.477 bits per heavy atom. The fourth-order valence-electron chi connectivity index (χ4n) is 15.6. The van der Waals surface area contributed by atoms with Crippen molar-refractivity contribution in [3.8, 4) is 0 Å². The normalized spacial score (nSPS) is 29.1. The van der Waals surface area contributed by atoms with E-state index in [0.717, 1.165) is 33.4 Å². The summed E-state index contributed by atoms with van der Waals surface area (Å²) in [6.45, 7) is 26.0. The molecule has 10 rings (SSSR count). The van der Waals surface area contributed by atoms with E-state index >= 15 is 0 Å². The molecule has 4 aliphatic heterocycles. The Hall–Kier alpha value is -7.26. The Labute approximate surface area is 633 Å². The van der Waals surface area contributed by atoms with Crippen LogP contribution in [0.25, 0.3) is 20.9 Å². The molecule has 0 bridgehead atoms. The molecule has 567 valence electrons. The second-order valence-corrected chi connectivity index (χ2v) is 40.1. The molecule has 6 aromatic rings. The molecule has 9 unspecified atom stereocenters. The molecule has 1 radical (unpaired) electrons. The molecule has 23 nitrogen and oxygen atoms in total. The molecular weight excluding hydrogens is 1410 g/mol. The van der Waals surface area contributed by atoms with E-state index < -0.39 is 161 Å². The van der Waals surface area contributed by atoms with Crippen molar-refractivity contribution in [1.29, 1.82) is 0 Å². The van der Waals surface area contributed by atoms with Crippen molar-refractivity contribution in [2.45, 2.75) is 204 Å². The minimum atomic E-state index is -3.45. The van der Waals surface area contributed by atoms with Gasteiger partial charge in [0.1, 0.15) is 24.9 Å². The summed E-state index contributed by atoms with van der Waals surface area (Å²) in [7, 11) is -6.11. The molecule has 0 saturated carbocycles. The predicted molar refractivity (Wildman–Crippen MR) is 413 cm³/mol. The van der Waals surface area contributed by atoms with Crippen LogP contribution in [0, 0.1) is 23.7 Å². The number of azide groups is 2. The summed E-state index contributed by atoms with van der Waals surface area (Å²) in [6.07, 6.45) is -14.2. The number of rotatable bonds is 30. The van der Waals surface area contributed by atoms with Crippen molar-refractivity contribution < 1.29 is 80.0 Å². The van der Waals surface area contributed by atoms with Gasteiger partial charge in [-0.15, -0.1) is 0 Å². The third-order valence-electron chi connectivity index (χ3n) is 21.2. The number of hydrogen-bond donors (Lipinski definition) is 0. The molecule has 0 spiro atoms. The molecule has 0 aromatic heterocycles. The SMILES string of the molecule is CC(=O)OCC1O[C@@H](O[C@@H]2C(CO[Si](c3ccccc3)(c3ccccc3)C(C)(C)C)O[C@@H](O[C@@H]3C(COC(C)=O)O[C@H](C)C(C)[C@@H]3OCc3ccccc3)C(N=[N+]=[N-])[C@H]2C)C(OC(=O)c2ccccc2)[C@@H](C)[C@@H]1O[C@@H]1OC(CO[Si](c2ccccc2)(c2ccccc2)C(C)(C)C)[C@@H](C)[C@H](P[B]B=O)C1N=[N+]=[N-]. The Balaban J connectivity index is 1.07. The number of hydrogen-bond acceptors (Lipinski definition) is 19. The van der Waals surface area contributed by atoms with Crippen molar-refractivity contribution >= 4 is 77.7 Å². The van der Waals surface area contributed by atoms with Crippen molar-refractivity contribution in [2.75, 3.05) is 26.4 Å². The van der Waals surface area contributed by atoms with Crippen LogP contribution in [-0.4, -0.2) is 173 Å². The molecule has 4 fully saturated rings. The Morgan fingerprint density at radius 2 is 0.879 bits per heavy atom. The zero-order chi connectivity index (χ0) is 76.6. The van der Waals surface area contributed by atoms with Gasteiger partial charge in [-0.2, -0.15) is 0 Å². The average Bonchev–Trinajstić information content (AvgIpc) is 0.747. The maximum absolute atomic E-state index is 14.9. The summed E-state index contributed by atoms with van der Waals surface area (Å²) in [5.74, 6) is -4.45. The third kappa shape index (κ3) is 19.1. The number of esters is 3. The van der Waals surface area contributed by atoms with Crippen LogP contribution in [0.4, 0.5) is 0 Å². The first kappa shape index (κ1) is 82.2. The van der Waals surface area contributed by atoms with Gasteiger partial charge in [0.15, 0.2) is 6.29 Å². The van der Waals surface area contributed by atoms with E-state index in [1.165, 1.54) is 20.7 Å². The molecule has 21 atom stereocenters. The molecule has 0 aliphatic carbocycles. The monoisotopic (exact) mass is 1510 g/mol. The maximum atomic E-state index is 14.9. The van der Waals surface area contributed by atoms with Gasteiger partial charge in [-0.3, -0.25) is 4.79 Å². The molecular formula is C79H100B2N6O17PSi2. The van der Waals surface area contributed by atoms with Crippen LogP contribution in [0.1, 0.15) is 106 Å². The quantitative estimate of drug-likeness (QED) is 0.00770. The second-order valence-electron chi connectivity index (χ2n) is 30.2. The van der Waals surface area contributed by atoms with Gasteiger partial charge in [-0.25, -0.2) is 0 Å². The Bertz CT molecular complexity index is 3880. The zero-order valence-corrected chi connectivity index (χ0v) is 66.2. The first-order valence-electron chi connectivity index (χ1n) is 36.7. The summed E-state index contributed by atoms with van der Waals surface area (Å²) in [5.41, 5.74) is 21.8. The van der Waals surface area contributed by atoms with Crippen LogP contribution < -0.4 is 20.7 Å². The summed E-state index contributed by atoms with van der Waals surface area (Å²) < 4.78 is 103. The molecule has 0 amide bonds. The number of carbonyl (C=O) groups excluding carboxylic acids is 3. The first-order valence-corrected chi connectivity index (χ1v) is 41.7. The van der Waals surface area contributed by atoms with Gasteiger partial charge < -0.3 is 28.1 Å². The molecule has 4 saturated heterocycles. The number of ether oxygens (including phenoxy) is 11. The molecule has 4 aliphatic rings. The standard InChI is InChI=1S/C79H100B2N6O17PSi2/c1-49-53(5)97-64(46-93-55(7)89)72(70(49)94-44-56-32-20-14-21-33-56)104-75-66(84-86-82)51(3)68(65(99-75)48-96-107(79(11,12)13,60-40-28-18-29-41-60)61-42-30-19-31-43-61)103-77-71(101-74(90)57-34-22-15-23-35-57)52(4)69(63(100-77)45-92-54(6)88)102-76-67(85-87-83)73(105-81-80-91)50(2)62(98-76)47-95-106(78(8,9)10,58-36-24-16-25-37-58)59-38-26-17-27-39-59/h14-43,49-53,62-73,75-77,105H,44-48H2,1-13H3/t49?,50-,51-,52+,53-,62?,63?,64?,65?,66?,67?,68+,69+,70+,71?,72-,73+,75+,76+,77+/m1/s1. The van der Waals surface area contributed by atoms with Gasteiger partial charge >= 0.3 is 314 Å². The van der Waals surface area contributed by atoms with Crippen molar-refractivity contribution in [3.05, 3.63) is 214 Å². The van der Waals surface area contributed by atoms with Crippen molar-refractivity contribution in [2.24, 2.45) is 33.9 Å². The van der Waals surface area contributed by atoms with Gasteiger partial charge in [0.05, 0.1) is 31.5 Å². The van der Waals surface area contributed by atoms with Gasteiger partial charge in [-0.1, -0.05) is 149 Å². The van der Waals surface area contributed by atoms with Crippen molar-refractivity contribution in [3.63, 3.8) is 0 Å². The van der Waals surface area contributed by atoms with Gasteiger partial charge in [0.25, 0.3) is 8.32 Å². The first-order chi connectivity index (χ1) is 51.3. The summed E-state index contributed by atoms with van der Waals surface area (Å²) in [5, 5.41) is 11.9. The van der Waals surface area contributed by atoms with E-state index in [2.05, 4.69) is 110 Å². The van der Waals surface area contributed by atoms with E-state index in [9.17, 15) is 30.2 Å². The van der Waals surface area contributed by atoms with E-state index in [-0.39, 0.29) is 52.3 Å².